The van der Waals surface area contributed by atoms with Crippen molar-refractivity contribution in [3.8, 4) is 5.75 Å². The molecule has 22 heavy (non-hydrogen) atoms. The smallest absolute Gasteiger partial charge is 0.243 e. The van der Waals surface area contributed by atoms with Gasteiger partial charge in [0.2, 0.25) is 5.91 Å². The molecule has 0 unspecified atom stereocenters. The molecule has 0 aromatic heterocycles. The highest BCUT2D eigenvalue weighted by Crippen LogP contribution is 2.17. The van der Waals surface area contributed by atoms with Crippen LogP contribution >= 0.6 is 0 Å². The van der Waals surface area contributed by atoms with E-state index in [4.69, 9.17) is 4.74 Å². The average molecular weight is 302 g/mol. The fourth-order valence-corrected chi connectivity index (χ4v) is 1.86. The van der Waals surface area contributed by atoms with E-state index < -0.39 is 5.82 Å². The standard InChI is InChI=1S/C17H19FN2O2/c1-2-10-22-14-7-5-6-13(11-14)19-12-17(21)20-16-9-4-3-8-15(16)18/h3-9,11,19H,2,10,12H2,1H3,(H,20,21). The van der Waals surface area contributed by atoms with Crippen molar-refractivity contribution >= 4 is 17.3 Å². The van der Waals surface area contributed by atoms with Crippen LogP contribution in [0.4, 0.5) is 15.8 Å². The number of nitrogens with one attached hydrogen (secondary N) is 2. The first kappa shape index (κ1) is 15.8. The zero-order valence-electron chi connectivity index (χ0n) is 12.4. The predicted molar refractivity (Wildman–Crippen MR) is 85.7 cm³/mol. The molecule has 1 amide bonds. The van der Waals surface area contributed by atoms with Crippen LogP contribution in [0.1, 0.15) is 13.3 Å². The molecule has 0 bridgehead atoms. The minimum atomic E-state index is -0.453. The van der Waals surface area contributed by atoms with E-state index in [1.54, 1.807) is 12.1 Å². The number of halogens is 1. The Morgan fingerprint density at radius 1 is 1.18 bits per heavy atom. The highest BCUT2D eigenvalue weighted by molar-refractivity contribution is 5.93. The van der Waals surface area contributed by atoms with E-state index in [0.29, 0.717) is 6.61 Å². The van der Waals surface area contributed by atoms with E-state index >= 15 is 0 Å². The minimum Gasteiger partial charge on any atom is -0.494 e. The molecule has 0 aliphatic rings. The van der Waals surface area contributed by atoms with E-state index in [1.165, 1.54) is 12.1 Å². The lowest BCUT2D eigenvalue weighted by Gasteiger charge is -2.10. The molecule has 116 valence electrons. The largest absolute Gasteiger partial charge is 0.494 e. The van der Waals surface area contributed by atoms with Gasteiger partial charge in [0.05, 0.1) is 18.8 Å². The first-order valence-electron chi connectivity index (χ1n) is 7.20. The minimum absolute atomic E-state index is 0.0472. The van der Waals surface area contributed by atoms with Gasteiger partial charge in [0, 0.05) is 11.8 Å². The first-order chi connectivity index (χ1) is 10.7. The van der Waals surface area contributed by atoms with Gasteiger partial charge in [-0.05, 0) is 30.7 Å². The number of hydrogen-bond donors (Lipinski definition) is 2. The number of anilines is 2. The summed E-state index contributed by atoms with van der Waals surface area (Å²) in [6.45, 7) is 2.73. The van der Waals surface area contributed by atoms with Gasteiger partial charge in [0.15, 0.2) is 0 Å². The van der Waals surface area contributed by atoms with Gasteiger partial charge in [0.25, 0.3) is 0 Å². The second-order valence-corrected chi connectivity index (χ2v) is 4.76. The molecule has 2 aromatic rings. The van der Waals surface area contributed by atoms with Crippen molar-refractivity contribution in [1.82, 2.24) is 0 Å². The van der Waals surface area contributed by atoms with Gasteiger partial charge >= 0.3 is 0 Å². The Labute approximate surface area is 129 Å². The molecule has 0 spiro atoms. The van der Waals surface area contributed by atoms with Gasteiger partial charge in [-0.2, -0.15) is 0 Å². The van der Waals surface area contributed by atoms with Crippen molar-refractivity contribution in [1.29, 1.82) is 0 Å². The number of ether oxygens (including phenoxy) is 1. The number of rotatable bonds is 7. The van der Waals surface area contributed by atoms with Crippen LogP contribution < -0.4 is 15.4 Å². The number of carbonyl (C=O) groups is 1. The fourth-order valence-electron chi connectivity index (χ4n) is 1.86. The van der Waals surface area contributed by atoms with Gasteiger partial charge in [-0.15, -0.1) is 0 Å². The molecule has 5 heteroatoms. The Hall–Kier alpha value is -2.56. The predicted octanol–water partition coefficient (Wildman–Crippen LogP) is 3.67. The van der Waals surface area contributed by atoms with Crippen LogP contribution in [0, 0.1) is 5.82 Å². The Balaban J connectivity index is 1.87. The van der Waals surface area contributed by atoms with Gasteiger partial charge in [-0.1, -0.05) is 25.1 Å². The summed E-state index contributed by atoms with van der Waals surface area (Å²) in [5, 5.41) is 5.51. The number of amides is 1. The highest BCUT2D eigenvalue weighted by atomic mass is 19.1. The number of hydrogen-bond acceptors (Lipinski definition) is 3. The SMILES string of the molecule is CCCOc1cccc(NCC(=O)Nc2ccccc2F)c1. The summed E-state index contributed by atoms with van der Waals surface area (Å²) in [6, 6.07) is 13.4. The number of para-hydroxylation sites is 1. The topological polar surface area (TPSA) is 50.4 Å². The third-order valence-corrected chi connectivity index (χ3v) is 2.91. The van der Waals surface area contributed by atoms with Gasteiger partial charge < -0.3 is 15.4 Å². The van der Waals surface area contributed by atoms with Crippen molar-refractivity contribution in [2.24, 2.45) is 0 Å². The normalized spacial score (nSPS) is 10.1. The second kappa shape index (κ2) is 8.02. The Morgan fingerprint density at radius 2 is 2.00 bits per heavy atom. The molecular formula is C17H19FN2O2. The molecule has 0 radical (unpaired) electrons. The molecule has 0 fully saturated rings. The van der Waals surface area contributed by atoms with E-state index in [1.807, 2.05) is 31.2 Å². The van der Waals surface area contributed by atoms with E-state index in [-0.39, 0.29) is 18.1 Å². The van der Waals surface area contributed by atoms with Gasteiger partial charge in [-0.3, -0.25) is 4.79 Å². The zero-order chi connectivity index (χ0) is 15.8. The Morgan fingerprint density at radius 3 is 2.77 bits per heavy atom. The summed E-state index contributed by atoms with van der Waals surface area (Å²) >= 11 is 0. The van der Waals surface area contributed by atoms with E-state index in [2.05, 4.69) is 10.6 Å². The molecule has 0 heterocycles. The fraction of sp³-hybridized carbons (Fsp3) is 0.235. The summed E-state index contributed by atoms with van der Waals surface area (Å²) < 4.78 is 19.0. The lowest BCUT2D eigenvalue weighted by atomic mass is 10.3. The quantitative estimate of drug-likeness (QED) is 0.820. The average Bonchev–Trinajstić information content (AvgIpc) is 2.53. The second-order valence-electron chi connectivity index (χ2n) is 4.76. The van der Waals surface area contributed by atoms with Crippen molar-refractivity contribution < 1.29 is 13.9 Å². The third-order valence-electron chi connectivity index (χ3n) is 2.91. The molecule has 0 atom stereocenters. The summed E-state index contributed by atoms with van der Waals surface area (Å²) in [5.41, 5.74) is 0.951. The lowest BCUT2D eigenvalue weighted by molar-refractivity contribution is -0.114. The van der Waals surface area contributed by atoms with Crippen molar-refractivity contribution in [2.45, 2.75) is 13.3 Å². The van der Waals surface area contributed by atoms with Gasteiger partial charge in [0.1, 0.15) is 11.6 Å². The molecule has 4 nitrogen and oxygen atoms in total. The summed E-state index contributed by atoms with van der Waals surface area (Å²) in [4.78, 5) is 11.8. The van der Waals surface area contributed by atoms with Crippen molar-refractivity contribution in [2.75, 3.05) is 23.8 Å². The monoisotopic (exact) mass is 302 g/mol. The Kier molecular flexibility index (Phi) is 5.77. The van der Waals surface area contributed by atoms with Crippen LogP contribution in [0.3, 0.4) is 0 Å². The number of benzene rings is 2. The highest BCUT2D eigenvalue weighted by Gasteiger charge is 2.06. The van der Waals surface area contributed by atoms with Crippen LogP contribution in [0.2, 0.25) is 0 Å². The van der Waals surface area contributed by atoms with E-state index in [9.17, 15) is 9.18 Å². The van der Waals surface area contributed by atoms with Gasteiger partial charge in [-0.25, -0.2) is 4.39 Å². The van der Waals surface area contributed by atoms with Crippen molar-refractivity contribution in [3.63, 3.8) is 0 Å². The summed E-state index contributed by atoms with van der Waals surface area (Å²) in [5.74, 6) is -0.0165. The first-order valence-corrected chi connectivity index (χ1v) is 7.20. The molecule has 2 aromatic carbocycles. The molecule has 2 rings (SSSR count). The third kappa shape index (κ3) is 4.77. The maximum atomic E-state index is 13.4. The zero-order valence-corrected chi connectivity index (χ0v) is 12.4. The molecule has 0 aliphatic carbocycles. The van der Waals surface area contributed by atoms with Crippen LogP contribution in [0.15, 0.2) is 48.5 Å². The molecule has 2 N–H and O–H groups in total. The van der Waals surface area contributed by atoms with Crippen LogP contribution in [-0.4, -0.2) is 19.1 Å². The molecule has 0 aliphatic heterocycles. The summed E-state index contributed by atoms with van der Waals surface area (Å²) in [7, 11) is 0. The summed E-state index contributed by atoms with van der Waals surface area (Å²) in [6.07, 6.45) is 0.933. The van der Waals surface area contributed by atoms with Crippen LogP contribution in [-0.2, 0) is 4.79 Å². The van der Waals surface area contributed by atoms with Crippen LogP contribution in [0.25, 0.3) is 0 Å². The molecule has 0 saturated heterocycles. The van der Waals surface area contributed by atoms with E-state index in [0.717, 1.165) is 17.9 Å². The molecule has 0 saturated carbocycles. The Bertz CT molecular complexity index is 632. The number of carbonyl (C=O) groups excluding carboxylic acids is 1. The molecular weight excluding hydrogens is 283 g/mol. The maximum Gasteiger partial charge on any atom is 0.243 e. The van der Waals surface area contributed by atoms with Crippen LogP contribution in [0.5, 0.6) is 5.75 Å². The lowest BCUT2D eigenvalue weighted by Crippen LogP contribution is -2.22. The maximum absolute atomic E-state index is 13.4. The van der Waals surface area contributed by atoms with Crippen molar-refractivity contribution in [3.05, 3.63) is 54.3 Å².